The average Bonchev–Trinajstić information content (AvgIpc) is 1.71. The predicted octanol–water partition coefficient (Wildman–Crippen LogP) is 6.93. The molecule has 91 heavy (non-hydrogen) atoms. The van der Waals surface area contributed by atoms with Gasteiger partial charge in [-0.25, -0.2) is 14.4 Å². The third-order valence-electron chi connectivity index (χ3n) is 16.6. The van der Waals surface area contributed by atoms with Gasteiger partial charge in [-0.1, -0.05) is 94.5 Å². The number of likely N-dealkylation sites (N-methyl/N-ethyl adjacent to an activating group) is 1. The quantitative estimate of drug-likeness (QED) is 0.0157. The third-order valence-corrected chi connectivity index (χ3v) is 18.9. The summed E-state index contributed by atoms with van der Waals surface area (Å²) in [6.45, 7) is 14.0. The highest BCUT2D eigenvalue weighted by molar-refractivity contribution is 9.10. The number of nitrogens with zero attached hydrogens (tertiary/aromatic N) is 2. The van der Waals surface area contributed by atoms with Gasteiger partial charge in [-0.3, -0.25) is 29.3 Å². The fraction of sp³-hybridized carbons (Fsp3) is 0.603. The van der Waals surface area contributed by atoms with Crippen LogP contribution in [0.2, 0.25) is 5.02 Å². The molecule has 3 aliphatic heterocycles. The number of hydrogen-bond donors (Lipinski definition) is 7. The third kappa shape index (κ3) is 19.8. The van der Waals surface area contributed by atoms with Gasteiger partial charge in [-0.15, -0.1) is 0 Å². The highest BCUT2D eigenvalue weighted by atomic mass is 79.9. The molecule has 2 aromatic rings. The van der Waals surface area contributed by atoms with Gasteiger partial charge in [0.05, 0.1) is 43.6 Å². The van der Waals surface area contributed by atoms with E-state index in [0.717, 1.165) is 22.3 Å². The summed E-state index contributed by atoms with van der Waals surface area (Å²) in [6.07, 6.45) is 2.57. The molecule has 3 aliphatic rings. The molecule has 25 nitrogen and oxygen atoms in total. The van der Waals surface area contributed by atoms with Crippen LogP contribution in [-0.2, 0) is 58.9 Å². The monoisotopic (exact) mass is 1420 g/mol. The van der Waals surface area contributed by atoms with Crippen molar-refractivity contribution in [2.75, 3.05) is 62.8 Å². The lowest BCUT2D eigenvalue weighted by Gasteiger charge is -2.42. The molecule has 2 saturated heterocycles. The number of urea groups is 1. The van der Waals surface area contributed by atoms with Gasteiger partial charge in [0.1, 0.15) is 64.2 Å². The Labute approximate surface area is 553 Å². The van der Waals surface area contributed by atoms with Crippen molar-refractivity contribution in [3.05, 3.63) is 70.3 Å². The largest absolute Gasteiger partial charge is 0.496 e. The predicted molar refractivity (Wildman–Crippen MR) is 347 cm³/mol. The van der Waals surface area contributed by atoms with E-state index in [2.05, 4.69) is 58.4 Å². The number of benzene rings is 2. The Bertz CT molecular complexity index is 3040. The summed E-state index contributed by atoms with van der Waals surface area (Å²) in [5.41, 5.74) is 2.26. The molecule has 2 aromatic carbocycles. The molecule has 4 bridgehead atoms. The molecule has 8 amide bonds. The number of aldehydes is 1. The van der Waals surface area contributed by atoms with Crippen molar-refractivity contribution >= 4 is 109 Å². The number of epoxide rings is 1. The maximum Gasteiger partial charge on any atom is 0.409 e. The number of hydrogen-bond acceptors (Lipinski definition) is 17. The Kier molecular flexibility index (Phi) is 27.3. The number of unbranched alkanes of at least 4 members (excludes halogenated alkanes) is 1. The first-order valence-electron chi connectivity index (χ1n) is 30.0. The number of allylic oxidation sites excluding steroid dienone is 3. The van der Waals surface area contributed by atoms with Gasteiger partial charge in [-0.05, 0) is 102 Å². The molecular weight excluding hydrogens is 1340 g/mol. The second-order valence-corrected chi connectivity index (χ2v) is 26.0. The second-order valence-electron chi connectivity index (χ2n) is 24.5. The number of amides is 8. The molecule has 0 spiro atoms. The number of fused-ring (bicyclic) bond motifs is 5. The number of methoxy groups -OCH3 is 3. The van der Waals surface area contributed by atoms with Crippen molar-refractivity contribution in [3.63, 3.8) is 0 Å². The van der Waals surface area contributed by atoms with Gasteiger partial charge < -0.3 is 79.9 Å². The summed E-state index contributed by atoms with van der Waals surface area (Å²) in [4.78, 5) is 124. The maximum atomic E-state index is 14.6. The van der Waals surface area contributed by atoms with Crippen molar-refractivity contribution in [1.29, 1.82) is 0 Å². The van der Waals surface area contributed by atoms with E-state index < -0.39 is 125 Å². The van der Waals surface area contributed by atoms with Crippen LogP contribution in [0.1, 0.15) is 123 Å². The van der Waals surface area contributed by atoms with Crippen molar-refractivity contribution in [3.8, 4) is 11.5 Å². The Morgan fingerprint density at radius 1 is 1.00 bits per heavy atom. The van der Waals surface area contributed by atoms with E-state index in [1.807, 2.05) is 26.8 Å². The fourth-order valence-corrected chi connectivity index (χ4v) is 12.7. The number of aliphatic hydroxyl groups is 1. The topological polar surface area (TPSA) is 334 Å². The van der Waals surface area contributed by atoms with Crippen molar-refractivity contribution in [1.82, 2.24) is 26.2 Å². The lowest BCUT2D eigenvalue weighted by Crippen LogP contribution is -2.63. The molecule has 0 saturated carbocycles. The summed E-state index contributed by atoms with van der Waals surface area (Å²) in [5.74, 6) is -4.66. The zero-order valence-corrected chi connectivity index (χ0v) is 57.9. The number of esters is 1. The standard InChI is InChI=1S/C63H89Br2ClN8O17/c1-35(2)52(71-49(76)21-14-15-24-60(6,7)91-62(32-64,33-65)34-75)55(79)70-42(19-17-25-68-58(67)82)54(78)69-40-22-23-41(44(29-40)85-11)56(80)73(9)38(5)57(81)89-48-30-50(77)74(10)43-27-39(28-45(86-12)51(43)66)26-36(3)18-16-20-47(87-13)63(84)31-46(88-59(83)72-63)37(4)53-61(48,8)90-53/h16,18,20,22-23,27-29,34-35,37-38,42,46-48,52-53,84H,14-15,17,19,21,24-26,30-33H2,1-13H3,(H,69,78)(H,70,79)(H,71,76)(H,72,83)(H3,67,68,82)/b20-16+,36-18+/t37-,38+,42+,46+,47-,48+,52+,53+,61+,63+/m1/s1. The van der Waals surface area contributed by atoms with Gasteiger partial charge in [0.25, 0.3) is 5.91 Å². The van der Waals surface area contributed by atoms with E-state index in [0.29, 0.717) is 47.8 Å². The molecule has 8 N–H and O–H groups in total. The van der Waals surface area contributed by atoms with E-state index in [4.69, 9.17) is 50.5 Å². The van der Waals surface area contributed by atoms with Crippen molar-refractivity contribution in [2.45, 2.75) is 178 Å². The number of alkyl halides is 2. The Morgan fingerprint density at radius 2 is 1.68 bits per heavy atom. The van der Waals surface area contributed by atoms with E-state index >= 15 is 0 Å². The number of halogens is 3. The maximum absolute atomic E-state index is 14.6. The molecule has 28 heteroatoms. The van der Waals surface area contributed by atoms with E-state index in [-0.39, 0.29) is 60.2 Å². The number of nitrogens with two attached hydrogens (primary N) is 1. The van der Waals surface area contributed by atoms with Crippen LogP contribution in [0.3, 0.4) is 0 Å². The van der Waals surface area contributed by atoms with Crippen molar-refractivity contribution in [2.24, 2.45) is 17.6 Å². The van der Waals surface area contributed by atoms with Gasteiger partial charge in [0.2, 0.25) is 23.6 Å². The lowest BCUT2D eigenvalue weighted by molar-refractivity contribution is -0.158. The second kappa shape index (κ2) is 33.0. The summed E-state index contributed by atoms with van der Waals surface area (Å²) in [7, 11) is 7.04. The van der Waals surface area contributed by atoms with Crippen LogP contribution in [0, 0.1) is 11.8 Å². The zero-order valence-electron chi connectivity index (χ0n) is 54.0. The number of nitrogens with one attached hydrogen (secondary N) is 5. The van der Waals surface area contributed by atoms with Crippen LogP contribution in [-0.4, -0.2) is 182 Å². The summed E-state index contributed by atoms with van der Waals surface area (Å²) in [5, 5.41) is 26.0. The molecule has 5 rings (SSSR count). The molecule has 504 valence electrons. The number of carbonyl (C=O) groups excluding carboxylic acids is 9. The minimum atomic E-state index is -1.93. The molecule has 0 aliphatic carbocycles. The molecule has 0 unspecified atom stereocenters. The Morgan fingerprint density at radius 3 is 2.30 bits per heavy atom. The smallest absolute Gasteiger partial charge is 0.409 e. The fourth-order valence-electron chi connectivity index (χ4n) is 11.0. The number of anilines is 2. The van der Waals surface area contributed by atoms with Crippen molar-refractivity contribution < 1.29 is 81.4 Å². The summed E-state index contributed by atoms with van der Waals surface area (Å²) >= 11 is 13.6. The van der Waals surface area contributed by atoms with Crippen LogP contribution in [0.4, 0.5) is 21.0 Å². The number of carbonyl (C=O) groups is 9. The van der Waals surface area contributed by atoms with Gasteiger partial charge >= 0.3 is 18.1 Å². The molecule has 10 atom stereocenters. The van der Waals surface area contributed by atoms with Crippen LogP contribution in [0.15, 0.2) is 54.1 Å². The van der Waals surface area contributed by atoms with Crippen LogP contribution in [0.5, 0.6) is 11.5 Å². The lowest BCUT2D eigenvalue weighted by atomic mass is 9.83. The minimum Gasteiger partial charge on any atom is -0.496 e. The number of primary amides is 1. The first-order chi connectivity index (χ1) is 42.7. The van der Waals surface area contributed by atoms with Crippen LogP contribution >= 0.6 is 43.5 Å². The highest BCUT2D eigenvalue weighted by Crippen LogP contribution is 2.49. The molecule has 2 fully saturated rings. The number of alkyl carbamates (subject to hydrolysis) is 1. The summed E-state index contributed by atoms with van der Waals surface area (Å²) < 4.78 is 41.4. The molecule has 0 aromatic heterocycles. The zero-order chi connectivity index (χ0) is 67.9. The van der Waals surface area contributed by atoms with Gasteiger partial charge in [0, 0.05) is 68.9 Å². The van der Waals surface area contributed by atoms with E-state index in [1.165, 1.54) is 65.4 Å². The Hall–Kier alpha value is -6.36. The normalized spacial score (nSPS) is 23.9. The average molecular weight is 1430 g/mol. The van der Waals surface area contributed by atoms with E-state index in [9.17, 15) is 48.3 Å². The molecule has 0 radical (unpaired) electrons. The number of ether oxygens (including phenoxy) is 7. The summed E-state index contributed by atoms with van der Waals surface area (Å²) in [6, 6.07) is 3.32. The Balaban J connectivity index is 1.34. The van der Waals surface area contributed by atoms with Gasteiger partial charge in [0.15, 0.2) is 12.0 Å². The molecule has 3 heterocycles. The SMILES string of the molecule is COc1cc(NC(=O)[C@H](CCCNC(N)=O)NC(=O)[C@@H](NC(=O)CCCCC(C)(C)OC(C=O)(CBr)CBr)C(C)C)ccc1C(=O)N(C)[C@@H](C)C(=O)O[C@H]1CC(=O)N(C)c2cc(cc(OC)c2Cl)C/C(C)=C/C=C/[C@@H](OC)[C@@]2(O)C[C@H](OC(=O)N2)[C@@H](C)[C@@H]2O[C@@]12C. The highest BCUT2D eigenvalue weighted by Gasteiger charge is 2.64. The first-order valence-corrected chi connectivity index (χ1v) is 32.6. The first kappa shape index (κ1) is 75.4. The van der Waals surface area contributed by atoms with Crippen LogP contribution < -0.4 is 46.7 Å². The molecular formula is C63H89Br2ClN8O17. The van der Waals surface area contributed by atoms with Crippen LogP contribution in [0.25, 0.3) is 0 Å². The number of rotatable bonds is 27. The van der Waals surface area contributed by atoms with Gasteiger partial charge in [-0.2, -0.15) is 0 Å². The minimum absolute atomic E-state index is 0.0141. The van der Waals surface area contributed by atoms with E-state index in [1.54, 1.807) is 52.0 Å².